The SMILES string of the molecule is Cc1cc(OCC(C)CN2CCOCC2)ccc1N. The number of nitrogens with zero attached hydrogens (tertiary/aromatic N) is 1. The Bertz CT molecular complexity index is 403. The van der Waals surface area contributed by atoms with Crippen LogP contribution in [0.5, 0.6) is 5.75 Å². The minimum Gasteiger partial charge on any atom is -0.493 e. The molecule has 2 N–H and O–H groups in total. The maximum absolute atomic E-state index is 5.83. The molecule has 1 fully saturated rings. The minimum atomic E-state index is 0.510. The second-order valence-electron chi connectivity index (χ2n) is 5.35. The van der Waals surface area contributed by atoms with Gasteiger partial charge in [-0.3, -0.25) is 4.90 Å². The van der Waals surface area contributed by atoms with E-state index in [1.807, 2.05) is 25.1 Å². The molecule has 0 aromatic heterocycles. The van der Waals surface area contributed by atoms with E-state index in [4.69, 9.17) is 15.2 Å². The molecule has 0 amide bonds. The minimum absolute atomic E-state index is 0.510. The zero-order valence-electron chi connectivity index (χ0n) is 11.9. The molecule has 1 aromatic carbocycles. The molecule has 4 heteroatoms. The van der Waals surface area contributed by atoms with Crippen LogP contribution in [0.2, 0.25) is 0 Å². The van der Waals surface area contributed by atoms with Crippen molar-refractivity contribution in [2.75, 3.05) is 45.2 Å². The van der Waals surface area contributed by atoms with Crippen LogP contribution in [0.1, 0.15) is 12.5 Å². The van der Waals surface area contributed by atoms with Gasteiger partial charge in [0.15, 0.2) is 0 Å². The second kappa shape index (κ2) is 6.78. The molecule has 1 aliphatic heterocycles. The molecule has 1 aromatic rings. The van der Waals surface area contributed by atoms with Crippen LogP contribution in [0.3, 0.4) is 0 Å². The topological polar surface area (TPSA) is 47.7 Å². The molecular weight excluding hydrogens is 240 g/mol. The number of morpholine rings is 1. The molecule has 0 radical (unpaired) electrons. The number of benzene rings is 1. The second-order valence-corrected chi connectivity index (χ2v) is 5.35. The Morgan fingerprint density at radius 3 is 2.79 bits per heavy atom. The van der Waals surface area contributed by atoms with E-state index in [0.29, 0.717) is 5.92 Å². The third-order valence-corrected chi connectivity index (χ3v) is 3.45. The lowest BCUT2D eigenvalue weighted by atomic mass is 10.1. The fraction of sp³-hybridized carbons (Fsp3) is 0.600. The molecule has 1 heterocycles. The van der Waals surface area contributed by atoms with Gasteiger partial charge in [-0.2, -0.15) is 0 Å². The lowest BCUT2D eigenvalue weighted by Gasteiger charge is -2.29. The number of aryl methyl sites for hydroxylation is 1. The van der Waals surface area contributed by atoms with Crippen molar-refractivity contribution in [3.05, 3.63) is 23.8 Å². The van der Waals surface area contributed by atoms with Gasteiger partial charge in [0.2, 0.25) is 0 Å². The third-order valence-electron chi connectivity index (χ3n) is 3.45. The average Bonchev–Trinajstić information content (AvgIpc) is 2.41. The zero-order valence-corrected chi connectivity index (χ0v) is 11.9. The first kappa shape index (κ1) is 14.2. The summed E-state index contributed by atoms with van der Waals surface area (Å²) in [6.07, 6.45) is 0. The van der Waals surface area contributed by atoms with Gasteiger partial charge in [-0.1, -0.05) is 6.92 Å². The van der Waals surface area contributed by atoms with Crippen molar-refractivity contribution >= 4 is 5.69 Å². The molecule has 4 nitrogen and oxygen atoms in total. The summed E-state index contributed by atoms with van der Waals surface area (Å²) < 4.78 is 11.2. The van der Waals surface area contributed by atoms with Crippen LogP contribution >= 0.6 is 0 Å². The molecule has 1 saturated heterocycles. The Hall–Kier alpha value is -1.26. The van der Waals surface area contributed by atoms with Crippen molar-refractivity contribution in [2.24, 2.45) is 5.92 Å². The Labute approximate surface area is 115 Å². The van der Waals surface area contributed by atoms with Crippen LogP contribution < -0.4 is 10.5 Å². The fourth-order valence-corrected chi connectivity index (χ4v) is 2.25. The number of nitrogen functional groups attached to an aromatic ring is 1. The molecule has 0 bridgehead atoms. The van der Waals surface area contributed by atoms with Crippen molar-refractivity contribution in [2.45, 2.75) is 13.8 Å². The van der Waals surface area contributed by atoms with Gasteiger partial charge in [0.25, 0.3) is 0 Å². The summed E-state index contributed by atoms with van der Waals surface area (Å²) >= 11 is 0. The first-order chi connectivity index (χ1) is 9.15. The van der Waals surface area contributed by atoms with Crippen molar-refractivity contribution in [3.63, 3.8) is 0 Å². The van der Waals surface area contributed by atoms with Crippen LogP contribution in [0.25, 0.3) is 0 Å². The molecule has 2 rings (SSSR count). The van der Waals surface area contributed by atoms with Crippen molar-refractivity contribution in [3.8, 4) is 5.75 Å². The van der Waals surface area contributed by atoms with E-state index >= 15 is 0 Å². The summed E-state index contributed by atoms with van der Waals surface area (Å²) in [6, 6.07) is 5.83. The van der Waals surface area contributed by atoms with Gasteiger partial charge in [0.05, 0.1) is 19.8 Å². The number of hydrogen-bond acceptors (Lipinski definition) is 4. The fourth-order valence-electron chi connectivity index (χ4n) is 2.25. The van der Waals surface area contributed by atoms with Crippen LogP contribution in [-0.2, 0) is 4.74 Å². The standard InChI is InChI=1S/C15H24N2O2/c1-12(10-17-5-7-18-8-6-17)11-19-14-3-4-15(16)13(2)9-14/h3-4,9,12H,5-8,10-11,16H2,1-2H3. The highest BCUT2D eigenvalue weighted by Gasteiger charge is 2.14. The Morgan fingerprint density at radius 2 is 2.11 bits per heavy atom. The molecule has 0 aliphatic carbocycles. The Balaban J connectivity index is 1.75. The summed E-state index contributed by atoms with van der Waals surface area (Å²) in [7, 11) is 0. The lowest BCUT2D eigenvalue weighted by molar-refractivity contribution is 0.0283. The maximum atomic E-state index is 5.83. The number of rotatable bonds is 5. The third kappa shape index (κ3) is 4.40. The van der Waals surface area contributed by atoms with E-state index in [9.17, 15) is 0 Å². The Kier molecular flexibility index (Phi) is 5.05. The lowest BCUT2D eigenvalue weighted by Crippen LogP contribution is -2.39. The number of hydrogen-bond donors (Lipinski definition) is 1. The molecule has 0 spiro atoms. The summed E-state index contributed by atoms with van der Waals surface area (Å²) in [5.74, 6) is 1.41. The van der Waals surface area contributed by atoms with Crippen LogP contribution in [0.15, 0.2) is 18.2 Å². The Morgan fingerprint density at radius 1 is 1.37 bits per heavy atom. The molecule has 106 valence electrons. The predicted molar refractivity (Wildman–Crippen MR) is 77.5 cm³/mol. The summed E-state index contributed by atoms with van der Waals surface area (Å²) in [6.45, 7) is 9.79. The average molecular weight is 264 g/mol. The van der Waals surface area contributed by atoms with Gasteiger partial charge in [0, 0.05) is 31.2 Å². The zero-order chi connectivity index (χ0) is 13.7. The summed E-state index contributed by atoms with van der Waals surface area (Å²) in [5, 5.41) is 0. The van der Waals surface area contributed by atoms with Gasteiger partial charge in [-0.25, -0.2) is 0 Å². The largest absolute Gasteiger partial charge is 0.493 e. The van der Waals surface area contributed by atoms with E-state index in [0.717, 1.165) is 56.5 Å². The van der Waals surface area contributed by atoms with Crippen LogP contribution in [-0.4, -0.2) is 44.4 Å². The summed E-state index contributed by atoms with van der Waals surface area (Å²) in [5.41, 5.74) is 7.68. The van der Waals surface area contributed by atoms with E-state index in [-0.39, 0.29) is 0 Å². The summed E-state index contributed by atoms with van der Waals surface area (Å²) in [4.78, 5) is 2.44. The van der Waals surface area contributed by atoms with Gasteiger partial charge in [-0.15, -0.1) is 0 Å². The van der Waals surface area contributed by atoms with Gasteiger partial charge < -0.3 is 15.2 Å². The highest BCUT2D eigenvalue weighted by Crippen LogP contribution is 2.19. The maximum Gasteiger partial charge on any atom is 0.119 e. The molecule has 1 atom stereocenters. The molecule has 1 unspecified atom stereocenters. The van der Waals surface area contributed by atoms with E-state index < -0.39 is 0 Å². The molecule has 1 aliphatic rings. The number of ether oxygens (including phenoxy) is 2. The van der Waals surface area contributed by atoms with Gasteiger partial charge in [0.1, 0.15) is 5.75 Å². The highest BCUT2D eigenvalue weighted by molar-refractivity contribution is 5.49. The molecule has 19 heavy (non-hydrogen) atoms. The first-order valence-electron chi connectivity index (χ1n) is 6.94. The number of nitrogens with two attached hydrogens (primary N) is 1. The van der Waals surface area contributed by atoms with E-state index in [1.54, 1.807) is 0 Å². The van der Waals surface area contributed by atoms with Crippen molar-refractivity contribution < 1.29 is 9.47 Å². The predicted octanol–water partition coefficient (Wildman–Crippen LogP) is 1.92. The molecular formula is C15H24N2O2. The normalized spacial score (nSPS) is 18.2. The van der Waals surface area contributed by atoms with Gasteiger partial charge >= 0.3 is 0 Å². The molecule has 0 saturated carbocycles. The van der Waals surface area contributed by atoms with Gasteiger partial charge in [-0.05, 0) is 30.7 Å². The smallest absolute Gasteiger partial charge is 0.119 e. The van der Waals surface area contributed by atoms with Crippen molar-refractivity contribution in [1.29, 1.82) is 0 Å². The van der Waals surface area contributed by atoms with Crippen molar-refractivity contribution in [1.82, 2.24) is 4.90 Å². The van der Waals surface area contributed by atoms with E-state index in [1.165, 1.54) is 0 Å². The highest BCUT2D eigenvalue weighted by atomic mass is 16.5. The number of anilines is 1. The quantitative estimate of drug-likeness (QED) is 0.826. The first-order valence-corrected chi connectivity index (χ1v) is 6.94. The monoisotopic (exact) mass is 264 g/mol. The van der Waals surface area contributed by atoms with Crippen LogP contribution in [0, 0.1) is 12.8 Å². The van der Waals surface area contributed by atoms with E-state index in [2.05, 4.69) is 11.8 Å². The van der Waals surface area contributed by atoms with Crippen LogP contribution in [0.4, 0.5) is 5.69 Å².